The first-order valence-corrected chi connectivity index (χ1v) is 4.02. The molecule has 0 aliphatic rings. The van der Waals surface area contributed by atoms with Crippen LogP contribution < -0.4 is 4.31 Å². The summed E-state index contributed by atoms with van der Waals surface area (Å²) in [5.74, 6) is 0. The monoisotopic (exact) mass is 168 g/mol. The summed E-state index contributed by atoms with van der Waals surface area (Å²) in [6, 6.07) is 3.93. The number of rotatable bonds is 2. The number of nitrogens with zero attached hydrogens (tertiary/aromatic N) is 2. The Labute approximate surface area is 72.8 Å². The van der Waals surface area contributed by atoms with Gasteiger partial charge in [-0.2, -0.15) is 0 Å². The van der Waals surface area contributed by atoms with E-state index in [1.165, 1.54) is 0 Å². The largest absolute Gasteiger partial charge is 0.320 e. The van der Waals surface area contributed by atoms with Gasteiger partial charge in [-0.3, -0.25) is 4.98 Å². The number of aryl methyl sites for hydroxylation is 1. The van der Waals surface area contributed by atoms with Crippen molar-refractivity contribution in [3.8, 4) is 0 Å². The summed E-state index contributed by atoms with van der Waals surface area (Å²) in [7, 11) is 1.90. The Balaban J connectivity index is 3.02. The Morgan fingerprint density at radius 3 is 2.82 bits per heavy atom. The maximum Gasteiger partial charge on any atom is 0.0680 e. The summed E-state index contributed by atoms with van der Waals surface area (Å²) >= 11 is 4.20. The van der Waals surface area contributed by atoms with Crippen molar-refractivity contribution in [1.82, 2.24) is 4.98 Å². The number of thiol groups is 1. The van der Waals surface area contributed by atoms with E-state index >= 15 is 0 Å². The molecule has 0 radical (unpaired) electrons. The minimum Gasteiger partial charge on any atom is -0.320 e. The first-order valence-electron chi connectivity index (χ1n) is 3.62. The Hall–Kier alpha value is -0.700. The first kappa shape index (κ1) is 8.40. The highest BCUT2D eigenvalue weighted by Crippen LogP contribution is 2.17. The lowest BCUT2D eigenvalue weighted by atomic mass is 10.2. The first-order chi connectivity index (χ1) is 5.25. The van der Waals surface area contributed by atoms with Crippen molar-refractivity contribution >= 4 is 18.5 Å². The van der Waals surface area contributed by atoms with Gasteiger partial charge >= 0.3 is 0 Å². The third-order valence-corrected chi connectivity index (χ3v) is 1.77. The third kappa shape index (κ3) is 1.87. The van der Waals surface area contributed by atoms with E-state index in [9.17, 15) is 0 Å². The van der Waals surface area contributed by atoms with Gasteiger partial charge in [0.05, 0.1) is 11.4 Å². The van der Waals surface area contributed by atoms with Crippen LogP contribution in [-0.2, 0) is 6.42 Å². The van der Waals surface area contributed by atoms with Gasteiger partial charge in [0, 0.05) is 13.2 Å². The second-order valence-electron chi connectivity index (χ2n) is 2.35. The Kier molecular flexibility index (Phi) is 2.76. The Morgan fingerprint density at radius 1 is 1.64 bits per heavy atom. The fourth-order valence-electron chi connectivity index (χ4n) is 0.997. The zero-order valence-electron chi connectivity index (χ0n) is 6.78. The van der Waals surface area contributed by atoms with Crippen LogP contribution in [0.5, 0.6) is 0 Å². The Bertz CT molecular complexity index is 235. The summed E-state index contributed by atoms with van der Waals surface area (Å²) < 4.78 is 1.78. The molecule has 1 aromatic heterocycles. The number of hydrogen-bond acceptors (Lipinski definition) is 3. The van der Waals surface area contributed by atoms with Crippen LogP contribution in [0, 0.1) is 0 Å². The van der Waals surface area contributed by atoms with Crippen molar-refractivity contribution in [1.29, 1.82) is 0 Å². The van der Waals surface area contributed by atoms with Crippen molar-refractivity contribution in [2.45, 2.75) is 13.3 Å². The maximum atomic E-state index is 4.23. The Morgan fingerprint density at radius 2 is 2.36 bits per heavy atom. The minimum atomic E-state index is 0.946. The standard InChI is InChI=1S/C8H12N2S/c1-3-7-8(10(2)11)5-4-6-9-7/h4-6,11H,3H2,1-2H3. The van der Waals surface area contributed by atoms with Gasteiger partial charge in [0.25, 0.3) is 0 Å². The number of anilines is 1. The summed E-state index contributed by atoms with van der Waals surface area (Å²) in [6.45, 7) is 2.09. The normalized spacial score (nSPS) is 9.73. The van der Waals surface area contributed by atoms with Gasteiger partial charge in [-0.25, -0.2) is 0 Å². The predicted molar refractivity (Wildman–Crippen MR) is 51.0 cm³/mol. The lowest BCUT2D eigenvalue weighted by Gasteiger charge is -2.13. The molecule has 60 valence electrons. The van der Waals surface area contributed by atoms with Gasteiger partial charge in [0.2, 0.25) is 0 Å². The van der Waals surface area contributed by atoms with Crippen molar-refractivity contribution in [2.75, 3.05) is 11.4 Å². The average Bonchev–Trinajstić information content (AvgIpc) is 2.04. The van der Waals surface area contributed by atoms with Crippen molar-refractivity contribution in [3.63, 3.8) is 0 Å². The van der Waals surface area contributed by atoms with Gasteiger partial charge in [0.1, 0.15) is 0 Å². The molecule has 0 aromatic carbocycles. The fourth-order valence-corrected chi connectivity index (χ4v) is 1.18. The summed E-state index contributed by atoms with van der Waals surface area (Å²) in [5, 5.41) is 0. The van der Waals surface area contributed by atoms with Gasteiger partial charge < -0.3 is 4.31 Å². The molecular formula is C8H12N2S. The molecule has 0 N–H and O–H groups in total. The van der Waals surface area contributed by atoms with Gasteiger partial charge in [0.15, 0.2) is 0 Å². The van der Waals surface area contributed by atoms with E-state index in [-0.39, 0.29) is 0 Å². The molecular weight excluding hydrogens is 156 g/mol. The highest BCUT2D eigenvalue weighted by atomic mass is 32.1. The number of pyridine rings is 1. The smallest absolute Gasteiger partial charge is 0.0680 e. The van der Waals surface area contributed by atoms with Gasteiger partial charge in [-0.05, 0) is 18.6 Å². The van der Waals surface area contributed by atoms with E-state index in [2.05, 4.69) is 24.7 Å². The number of hydrogen-bond donors (Lipinski definition) is 1. The van der Waals surface area contributed by atoms with E-state index in [1.807, 2.05) is 19.2 Å². The molecule has 3 heteroatoms. The summed E-state index contributed by atoms with van der Waals surface area (Å²) in [6.07, 6.45) is 2.75. The zero-order chi connectivity index (χ0) is 8.27. The van der Waals surface area contributed by atoms with Crippen LogP contribution in [-0.4, -0.2) is 12.0 Å². The van der Waals surface area contributed by atoms with Crippen molar-refractivity contribution in [2.24, 2.45) is 0 Å². The van der Waals surface area contributed by atoms with Crippen LogP contribution in [0.4, 0.5) is 5.69 Å². The lowest BCUT2D eigenvalue weighted by molar-refractivity contribution is 1.03. The van der Waals surface area contributed by atoms with E-state index in [0.717, 1.165) is 17.8 Å². The van der Waals surface area contributed by atoms with Crippen molar-refractivity contribution < 1.29 is 0 Å². The van der Waals surface area contributed by atoms with Crippen molar-refractivity contribution in [3.05, 3.63) is 24.0 Å². The highest BCUT2D eigenvalue weighted by molar-refractivity contribution is 7.81. The zero-order valence-corrected chi connectivity index (χ0v) is 7.68. The predicted octanol–water partition coefficient (Wildman–Crippen LogP) is 1.93. The van der Waals surface area contributed by atoms with Crippen LogP contribution in [0.1, 0.15) is 12.6 Å². The lowest BCUT2D eigenvalue weighted by Crippen LogP contribution is -2.05. The maximum absolute atomic E-state index is 4.23. The molecule has 1 aromatic rings. The minimum absolute atomic E-state index is 0.946. The molecule has 0 aliphatic carbocycles. The third-order valence-electron chi connectivity index (χ3n) is 1.55. The summed E-state index contributed by atoms with van der Waals surface area (Å²) in [4.78, 5) is 4.23. The summed E-state index contributed by atoms with van der Waals surface area (Å²) in [5.41, 5.74) is 2.17. The molecule has 0 bridgehead atoms. The molecule has 0 fully saturated rings. The highest BCUT2D eigenvalue weighted by Gasteiger charge is 2.01. The molecule has 1 heterocycles. The van der Waals surface area contributed by atoms with Gasteiger partial charge in [-0.1, -0.05) is 19.7 Å². The molecule has 1 rings (SSSR count). The van der Waals surface area contributed by atoms with E-state index in [1.54, 1.807) is 10.5 Å². The quantitative estimate of drug-likeness (QED) is 0.679. The van der Waals surface area contributed by atoms with E-state index in [4.69, 9.17) is 0 Å². The second kappa shape index (κ2) is 3.62. The molecule has 11 heavy (non-hydrogen) atoms. The molecule has 0 saturated heterocycles. The van der Waals surface area contributed by atoms with Crippen LogP contribution in [0.3, 0.4) is 0 Å². The SMILES string of the molecule is CCc1ncccc1N(C)S. The van der Waals surface area contributed by atoms with Crippen LogP contribution in [0.2, 0.25) is 0 Å². The molecule has 0 saturated carbocycles. The van der Waals surface area contributed by atoms with E-state index < -0.39 is 0 Å². The molecule has 2 nitrogen and oxygen atoms in total. The van der Waals surface area contributed by atoms with Crippen LogP contribution in [0.25, 0.3) is 0 Å². The molecule has 0 unspecified atom stereocenters. The van der Waals surface area contributed by atoms with Crippen LogP contribution >= 0.6 is 12.8 Å². The van der Waals surface area contributed by atoms with Gasteiger partial charge in [-0.15, -0.1) is 0 Å². The molecule has 0 atom stereocenters. The molecule has 0 amide bonds. The molecule has 0 spiro atoms. The van der Waals surface area contributed by atoms with Crippen LogP contribution in [0.15, 0.2) is 18.3 Å². The topological polar surface area (TPSA) is 16.1 Å². The fraction of sp³-hybridized carbons (Fsp3) is 0.375. The molecule has 0 aliphatic heterocycles. The van der Waals surface area contributed by atoms with E-state index in [0.29, 0.717) is 0 Å². The second-order valence-corrected chi connectivity index (χ2v) is 2.95. The average molecular weight is 168 g/mol. The number of aromatic nitrogens is 1.